The van der Waals surface area contributed by atoms with E-state index in [-0.39, 0.29) is 30.4 Å². The first-order chi connectivity index (χ1) is 19.2. The van der Waals surface area contributed by atoms with Crippen LogP contribution in [0.4, 0.5) is 5.69 Å². The molecule has 0 saturated heterocycles. The van der Waals surface area contributed by atoms with Gasteiger partial charge in [-0.05, 0) is 85.6 Å². The van der Waals surface area contributed by atoms with Gasteiger partial charge in [0.25, 0.3) is 15.9 Å². The minimum absolute atomic E-state index is 0.0482. The first-order valence-corrected chi connectivity index (χ1v) is 14.7. The van der Waals surface area contributed by atoms with Gasteiger partial charge in [0, 0.05) is 23.5 Å². The van der Waals surface area contributed by atoms with Crippen LogP contribution in [0.2, 0.25) is 10.0 Å². The fourth-order valence-electron chi connectivity index (χ4n) is 4.62. The number of fused-ring (bicyclic) bond motifs is 1. The molecule has 5 aromatic rings. The molecule has 206 valence electrons. The summed E-state index contributed by atoms with van der Waals surface area (Å²) in [6, 6.07) is 20.0. The van der Waals surface area contributed by atoms with E-state index in [1.54, 1.807) is 84.8 Å². The molecule has 2 aromatic heterocycles. The highest BCUT2D eigenvalue weighted by Gasteiger charge is 2.28. The Morgan fingerprint density at radius 3 is 2.45 bits per heavy atom. The smallest absolute Gasteiger partial charge is 0.264 e. The summed E-state index contributed by atoms with van der Waals surface area (Å²) < 4.78 is 40.3. The highest BCUT2D eigenvalue weighted by atomic mass is 35.5. The second-order valence-electron chi connectivity index (χ2n) is 9.24. The number of anilines is 1. The van der Waals surface area contributed by atoms with Crippen LogP contribution in [-0.2, 0) is 23.1 Å². The van der Waals surface area contributed by atoms with Crippen molar-refractivity contribution in [3.63, 3.8) is 0 Å². The van der Waals surface area contributed by atoms with Gasteiger partial charge < -0.3 is 13.7 Å². The number of hydrogen-bond donors (Lipinski definition) is 0. The zero-order valence-electron chi connectivity index (χ0n) is 21.8. The maximum absolute atomic E-state index is 14.0. The maximum Gasteiger partial charge on any atom is 0.264 e. The zero-order chi connectivity index (χ0) is 28.4. The van der Waals surface area contributed by atoms with Crippen molar-refractivity contribution in [2.24, 2.45) is 0 Å². The van der Waals surface area contributed by atoms with Gasteiger partial charge in [-0.25, -0.2) is 8.42 Å². The second-order valence-corrected chi connectivity index (χ2v) is 11.9. The Morgan fingerprint density at radius 1 is 0.925 bits per heavy atom. The Labute approximate surface area is 242 Å². The molecule has 1 amide bonds. The van der Waals surface area contributed by atoms with E-state index in [1.807, 2.05) is 6.92 Å². The van der Waals surface area contributed by atoms with E-state index in [0.717, 1.165) is 10.9 Å². The number of furan rings is 2. The number of sulfonamides is 1. The van der Waals surface area contributed by atoms with Gasteiger partial charge >= 0.3 is 0 Å². The molecule has 0 radical (unpaired) electrons. The van der Waals surface area contributed by atoms with Gasteiger partial charge in [-0.15, -0.1) is 0 Å². The van der Waals surface area contributed by atoms with E-state index in [0.29, 0.717) is 38.2 Å². The minimum atomic E-state index is -3.98. The predicted molar refractivity (Wildman–Crippen MR) is 156 cm³/mol. The molecule has 7 nitrogen and oxygen atoms in total. The third kappa shape index (κ3) is 5.47. The van der Waals surface area contributed by atoms with Gasteiger partial charge in [0.2, 0.25) is 0 Å². The van der Waals surface area contributed by atoms with E-state index in [2.05, 4.69) is 0 Å². The van der Waals surface area contributed by atoms with Crippen LogP contribution in [-0.4, -0.2) is 25.8 Å². The first kappa shape index (κ1) is 27.8. The predicted octanol–water partition coefficient (Wildman–Crippen LogP) is 7.70. The summed E-state index contributed by atoms with van der Waals surface area (Å²) in [7, 11) is -3.98. The molecule has 0 saturated carbocycles. The molecule has 40 heavy (non-hydrogen) atoms. The molecule has 0 fully saturated rings. The molecule has 0 N–H and O–H groups in total. The lowest BCUT2D eigenvalue weighted by Gasteiger charge is -2.28. The van der Waals surface area contributed by atoms with Crippen molar-refractivity contribution in [3.8, 4) is 0 Å². The zero-order valence-corrected chi connectivity index (χ0v) is 24.1. The van der Waals surface area contributed by atoms with Crippen molar-refractivity contribution in [1.29, 1.82) is 0 Å². The molecule has 0 aliphatic carbocycles. The molecule has 0 atom stereocenters. The molecular formula is C30H26Cl2N2O5S. The van der Waals surface area contributed by atoms with E-state index < -0.39 is 10.0 Å². The average molecular weight is 598 g/mol. The molecule has 0 bridgehead atoms. The monoisotopic (exact) mass is 596 g/mol. The van der Waals surface area contributed by atoms with Gasteiger partial charge in [-0.1, -0.05) is 35.3 Å². The Bertz CT molecular complexity index is 1780. The van der Waals surface area contributed by atoms with Crippen LogP contribution in [0.15, 0.2) is 99.1 Å². The maximum atomic E-state index is 14.0. The van der Waals surface area contributed by atoms with E-state index >= 15 is 0 Å². The van der Waals surface area contributed by atoms with Crippen molar-refractivity contribution in [2.75, 3.05) is 10.8 Å². The molecule has 0 unspecified atom stereocenters. The van der Waals surface area contributed by atoms with Gasteiger partial charge in [0.1, 0.15) is 11.3 Å². The number of carbonyl (C=O) groups excluding carboxylic acids is 1. The lowest BCUT2D eigenvalue weighted by atomic mass is 10.1. The number of benzene rings is 3. The SMILES string of the molecule is CCN(c1ccc(Cl)cc1CN(Cc1ccco1)C(=O)c1ccccc1Cl)S(=O)(=O)c1ccc2occ(C)c2c1. The molecule has 5 rings (SSSR count). The largest absolute Gasteiger partial charge is 0.467 e. The number of carbonyl (C=O) groups is 1. The number of hydrogen-bond acceptors (Lipinski definition) is 5. The Balaban J connectivity index is 1.56. The number of amides is 1. The lowest BCUT2D eigenvalue weighted by Crippen LogP contribution is -2.34. The molecule has 0 spiro atoms. The summed E-state index contributed by atoms with van der Waals surface area (Å²) >= 11 is 12.8. The summed E-state index contributed by atoms with van der Waals surface area (Å²) in [5.41, 5.74) is 2.73. The lowest BCUT2D eigenvalue weighted by molar-refractivity contribution is 0.0718. The van der Waals surface area contributed by atoms with Gasteiger partial charge in [-0.2, -0.15) is 0 Å². The van der Waals surface area contributed by atoms with Crippen LogP contribution >= 0.6 is 23.2 Å². The molecule has 3 aromatic carbocycles. The molecular weight excluding hydrogens is 571 g/mol. The molecule has 0 aliphatic heterocycles. The molecule has 10 heteroatoms. The van der Waals surface area contributed by atoms with Crippen molar-refractivity contribution >= 4 is 55.8 Å². The summed E-state index contributed by atoms with van der Waals surface area (Å²) in [5.74, 6) is 0.229. The standard InChI is InChI=1S/C30H26Cl2N2O5S/c1-3-34(40(36,37)24-11-13-29-26(16-24)20(2)19-39-29)28-12-10-22(31)15-21(28)17-33(18-23-7-6-14-38-23)30(35)25-8-4-5-9-27(25)32/h4-16,19H,3,17-18H2,1-2H3. The van der Waals surface area contributed by atoms with Crippen LogP contribution in [0.1, 0.15) is 34.2 Å². The number of aryl methyl sites for hydroxylation is 1. The van der Waals surface area contributed by atoms with E-state index in [4.69, 9.17) is 32.0 Å². The second kappa shape index (κ2) is 11.4. The van der Waals surface area contributed by atoms with Crippen molar-refractivity contribution in [3.05, 3.63) is 118 Å². The summed E-state index contributed by atoms with van der Waals surface area (Å²) in [4.78, 5) is 15.4. The number of rotatable bonds is 9. The van der Waals surface area contributed by atoms with Gasteiger partial charge in [0.15, 0.2) is 0 Å². The summed E-state index contributed by atoms with van der Waals surface area (Å²) in [6.45, 7) is 3.95. The highest BCUT2D eigenvalue weighted by Crippen LogP contribution is 2.33. The number of nitrogens with zero attached hydrogens (tertiary/aromatic N) is 2. The quantitative estimate of drug-likeness (QED) is 0.174. The minimum Gasteiger partial charge on any atom is -0.467 e. The number of halogens is 2. The Hall–Kier alpha value is -3.72. The first-order valence-electron chi connectivity index (χ1n) is 12.5. The summed E-state index contributed by atoms with van der Waals surface area (Å²) in [5, 5.41) is 1.44. The Kier molecular flexibility index (Phi) is 7.94. The van der Waals surface area contributed by atoms with E-state index in [1.165, 1.54) is 16.6 Å². The Morgan fingerprint density at radius 2 is 1.73 bits per heavy atom. The molecule has 0 aliphatic rings. The average Bonchev–Trinajstić information content (AvgIpc) is 3.59. The normalized spacial score (nSPS) is 11.6. The summed E-state index contributed by atoms with van der Waals surface area (Å²) in [6.07, 6.45) is 3.13. The van der Waals surface area contributed by atoms with Crippen LogP contribution in [0.5, 0.6) is 0 Å². The van der Waals surface area contributed by atoms with Crippen LogP contribution in [0.3, 0.4) is 0 Å². The third-order valence-electron chi connectivity index (χ3n) is 6.60. The third-order valence-corrected chi connectivity index (χ3v) is 9.05. The van der Waals surface area contributed by atoms with E-state index in [9.17, 15) is 13.2 Å². The highest BCUT2D eigenvalue weighted by molar-refractivity contribution is 7.92. The van der Waals surface area contributed by atoms with Crippen molar-refractivity contribution < 1.29 is 22.0 Å². The topological polar surface area (TPSA) is 84.0 Å². The van der Waals surface area contributed by atoms with Crippen LogP contribution in [0, 0.1) is 6.92 Å². The van der Waals surface area contributed by atoms with Crippen LogP contribution in [0.25, 0.3) is 11.0 Å². The van der Waals surface area contributed by atoms with Gasteiger partial charge in [0.05, 0.1) is 40.2 Å². The van der Waals surface area contributed by atoms with Crippen molar-refractivity contribution in [2.45, 2.75) is 31.8 Å². The van der Waals surface area contributed by atoms with Crippen molar-refractivity contribution in [1.82, 2.24) is 4.90 Å². The fourth-order valence-corrected chi connectivity index (χ4v) is 6.57. The molecule has 2 heterocycles. The van der Waals surface area contributed by atoms with Crippen LogP contribution < -0.4 is 4.31 Å². The fraction of sp³-hybridized carbons (Fsp3) is 0.167. The van der Waals surface area contributed by atoms with Gasteiger partial charge in [-0.3, -0.25) is 9.10 Å².